The van der Waals surface area contributed by atoms with Gasteiger partial charge >= 0.3 is 6.03 Å². The van der Waals surface area contributed by atoms with Gasteiger partial charge in [-0.3, -0.25) is 0 Å². The van der Waals surface area contributed by atoms with Crippen molar-refractivity contribution in [2.24, 2.45) is 5.92 Å². The van der Waals surface area contributed by atoms with Crippen molar-refractivity contribution in [1.29, 1.82) is 0 Å². The maximum atomic E-state index is 11.4. The fraction of sp³-hybridized carbons (Fsp3) is 0.769. The van der Waals surface area contributed by atoms with Crippen molar-refractivity contribution >= 4 is 6.03 Å². The monoisotopic (exact) mass is 239 g/mol. The molecule has 4 nitrogen and oxygen atoms in total. The Balaban J connectivity index is 2.21. The molecule has 0 aromatic rings. The molecule has 2 atom stereocenters. The Morgan fingerprint density at radius 2 is 2.41 bits per heavy atom. The Kier molecular flexibility index (Phi) is 6.05. The van der Waals surface area contributed by atoms with Gasteiger partial charge in [-0.05, 0) is 32.2 Å². The van der Waals surface area contributed by atoms with Crippen molar-refractivity contribution in [3.63, 3.8) is 0 Å². The van der Waals surface area contributed by atoms with E-state index in [-0.39, 0.29) is 12.1 Å². The highest BCUT2D eigenvalue weighted by atomic mass is 16.2. The summed E-state index contributed by atoms with van der Waals surface area (Å²) in [5.41, 5.74) is 0. The maximum Gasteiger partial charge on any atom is 0.315 e. The lowest BCUT2D eigenvalue weighted by Crippen LogP contribution is -2.48. The van der Waals surface area contributed by atoms with Crippen molar-refractivity contribution in [3.8, 4) is 0 Å². The average molecular weight is 239 g/mol. The van der Waals surface area contributed by atoms with Crippen molar-refractivity contribution in [3.05, 3.63) is 12.7 Å². The number of nitrogens with one attached hydrogen (secondary N) is 2. The molecule has 98 valence electrons. The molecule has 1 aliphatic heterocycles. The average Bonchev–Trinajstić information content (AvgIpc) is 2.26. The minimum Gasteiger partial charge on any atom is -0.335 e. The zero-order valence-electron chi connectivity index (χ0n) is 11.0. The molecule has 1 fully saturated rings. The second kappa shape index (κ2) is 7.33. The highest BCUT2D eigenvalue weighted by Crippen LogP contribution is 2.15. The Morgan fingerprint density at radius 3 is 3.06 bits per heavy atom. The molecule has 0 aromatic carbocycles. The van der Waals surface area contributed by atoms with E-state index in [2.05, 4.69) is 29.0 Å². The molecule has 0 spiro atoms. The minimum atomic E-state index is -0.109. The first-order chi connectivity index (χ1) is 8.11. The summed E-state index contributed by atoms with van der Waals surface area (Å²) in [5.74, 6) is 0.783. The number of amides is 2. The Morgan fingerprint density at radius 1 is 1.65 bits per heavy atom. The predicted octanol–water partition coefficient (Wildman–Crippen LogP) is 1.59. The van der Waals surface area contributed by atoms with Gasteiger partial charge in [-0.2, -0.15) is 0 Å². The van der Waals surface area contributed by atoms with Gasteiger partial charge in [-0.25, -0.2) is 4.79 Å². The second-order valence-electron chi connectivity index (χ2n) is 5.05. The summed E-state index contributed by atoms with van der Waals surface area (Å²) in [6, 6.07) is 0.0765. The molecule has 4 heteroatoms. The zero-order valence-corrected chi connectivity index (χ0v) is 11.0. The summed E-state index contributed by atoms with van der Waals surface area (Å²) in [6.45, 7) is 11.7. The van der Waals surface area contributed by atoms with Crippen LogP contribution in [0.1, 0.15) is 26.7 Å². The van der Waals surface area contributed by atoms with Gasteiger partial charge in [0.05, 0.1) is 0 Å². The van der Waals surface area contributed by atoms with Gasteiger partial charge in [0.2, 0.25) is 0 Å². The van der Waals surface area contributed by atoms with E-state index in [0.29, 0.717) is 6.54 Å². The SMILES string of the molecule is C=CCNC(=O)NC(C)CN1CCCC(C)C1. The molecule has 1 saturated heterocycles. The van der Waals surface area contributed by atoms with Crippen LogP contribution < -0.4 is 10.6 Å². The van der Waals surface area contributed by atoms with Gasteiger partial charge < -0.3 is 15.5 Å². The number of hydrogen-bond acceptors (Lipinski definition) is 2. The quantitative estimate of drug-likeness (QED) is 0.716. The number of carbonyl (C=O) groups is 1. The van der Waals surface area contributed by atoms with Crippen LogP contribution in [0.3, 0.4) is 0 Å². The maximum absolute atomic E-state index is 11.4. The summed E-state index contributed by atoms with van der Waals surface area (Å²) in [5, 5.41) is 5.66. The zero-order chi connectivity index (χ0) is 12.7. The van der Waals surface area contributed by atoms with E-state index >= 15 is 0 Å². The van der Waals surface area contributed by atoms with E-state index in [4.69, 9.17) is 0 Å². The van der Waals surface area contributed by atoms with Crippen molar-refractivity contribution in [1.82, 2.24) is 15.5 Å². The van der Waals surface area contributed by atoms with Crippen LogP contribution in [0.15, 0.2) is 12.7 Å². The van der Waals surface area contributed by atoms with Crippen LogP contribution in [0, 0.1) is 5.92 Å². The molecule has 1 rings (SSSR count). The van der Waals surface area contributed by atoms with E-state index in [1.807, 2.05) is 6.92 Å². The number of rotatable bonds is 5. The summed E-state index contributed by atoms with van der Waals surface area (Å²) >= 11 is 0. The van der Waals surface area contributed by atoms with Gasteiger partial charge in [-0.1, -0.05) is 13.0 Å². The summed E-state index contributed by atoms with van der Waals surface area (Å²) in [4.78, 5) is 13.9. The standard InChI is InChI=1S/C13H25N3O/c1-4-7-14-13(17)15-12(3)10-16-8-5-6-11(2)9-16/h4,11-12H,1,5-10H2,2-3H3,(H2,14,15,17). The first kappa shape index (κ1) is 14.0. The van der Waals surface area contributed by atoms with Crippen LogP contribution in [0.25, 0.3) is 0 Å². The molecule has 0 saturated carbocycles. The molecule has 0 aromatic heterocycles. The molecule has 1 aliphatic rings. The Hall–Kier alpha value is -1.03. The topological polar surface area (TPSA) is 44.4 Å². The lowest BCUT2D eigenvalue weighted by molar-refractivity contribution is 0.169. The molecular formula is C13H25N3O. The first-order valence-electron chi connectivity index (χ1n) is 6.49. The largest absolute Gasteiger partial charge is 0.335 e. The Bertz CT molecular complexity index is 255. The summed E-state index contributed by atoms with van der Waals surface area (Å²) < 4.78 is 0. The second-order valence-corrected chi connectivity index (χ2v) is 5.05. The normalized spacial score (nSPS) is 22.8. The number of hydrogen-bond donors (Lipinski definition) is 2. The predicted molar refractivity (Wildman–Crippen MR) is 71.0 cm³/mol. The molecule has 0 radical (unpaired) electrons. The van der Waals surface area contributed by atoms with E-state index in [9.17, 15) is 4.79 Å². The third-order valence-corrected chi connectivity index (χ3v) is 3.06. The molecule has 1 heterocycles. The number of urea groups is 1. The van der Waals surface area contributed by atoms with E-state index < -0.39 is 0 Å². The molecule has 0 bridgehead atoms. The number of nitrogens with zero attached hydrogens (tertiary/aromatic N) is 1. The van der Waals surface area contributed by atoms with Crippen LogP contribution >= 0.6 is 0 Å². The fourth-order valence-corrected chi connectivity index (χ4v) is 2.33. The van der Waals surface area contributed by atoms with Crippen LogP contribution in [0.5, 0.6) is 0 Å². The molecule has 17 heavy (non-hydrogen) atoms. The van der Waals surface area contributed by atoms with Gasteiger partial charge in [0.1, 0.15) is 0 Å². The first-order valence-corrected chi connectivity index (χ1v) is 6.49. The smallest absolute Gasteiger partial charge is 0.315 e. The van der Waals surface area contributed by atoms with Gasteiger partial charge in [0.25, 0.3) is 0 Å². The van der Waals surface area contributed by atoms with E-state index in [0.717, 1.165) is 25.6 Å². The lowest BCUT2D eigenvalue weighted by atomic mass is 10.00. The van der Waals surface area contributed by atoms with Crippen LogP contribution in [-0.4, -0.2) is 43.2 Å². The molecule has 0 aliphatic carbocycles. The fourth-order valence-electron chi connectivity index (χ4n) is 2.33. The third kappa shape index (κ3) is 5.73. The summed E-state index contributed by atoms with van der Waals surface area (Å²) in [6.07, 6.45) is 4.28. The highest BCUT2D eigenvalue weighted by molar-refractivity contribution is 5.74. The number of carbonyl (C=O) groups excluding carboxylic acids is 1. The van der Waals surface area contributed by atoms with Crippen LogP contribution in [-0.2, 0) is 0 Å². The minimum absolute atomic E-state index is 0.109. The number of likely N-dealkylation sites (tertiary alicyclic amines) is 1. The van der Waals surface area contributed by atoms with E-state index in [1.54, 1.807) is 6.08 Å². The molecular weight excluding hydrogens is 214 g/mol. The van der Waals surface area contributed by atoms with Crippen molar-refractivity contribution in [2.75, 3.05) is 26.2 Å². The molecule has 2 unspecified atom stereocenters. The van der Waals surface area contributed by atoms with Gasteiger partial charge in [0.15, 0.2) is 0 Å². The third-order valence-electron chi connectivity index (χ3n) is 3.06. The highest BCUT2D eigenvalue weighted by Gasteiger charge is 2.18. The van der Waals surface area contributed by atoms with Gasteiger partial charge in [-0.15, -0.1) is 6.58 Å². The lowest BCUT2D eigenvalue weighted by Gasteiger charge is -2.32. The molecule has 2 N–H and O–H groups in total. The van der Waals surface area contributed by atoms with Gasteiger partial charge in [0, 0.05) is 25.7 Å². The van der Waals surface area contributed by atoms with Crippen LogP contribution in [0.4, 0.5) is 4.79 Å². The Labute approximate surface area is 104 Å². The summed E-state index contributed by atoms with van der Waals surface area (Å²) in [7, 11) is 0. The molecule has 2 amide bonds. The van der Waals surface area contributed by atoms with Crippen molar-refractivity contribution in [2.45, 2.75) is 32.7 Å². The van der Waals surface area contributed by atoms with E-state index in [1.165, 1.54) is 12.8 Å². The van der Waals surface area contributed by atoms with Crippen LogP contribution in [0.2, 0.25) is 0 Å². The van der Waals surface area contributed by atoms with Crippen molar-refractivity contribution < 1.29 is 4.79 Å². The number of piperidine rings is 1.